The number of hydrogen-bond acceptors (Lipinski definition) is 6. The van der Waals surface area contributed by atoms with Crippen LogP contribution >= 0.6 is 11.8 Å². The van der Waals surface area contributed by atoms with Crippen molar-refractivity contribution in [3.63, 3.8) is 0 Å². The highest BCUT2D eigenvalue weighted by atomic mass is 32.2. The molecule has 0 radical (unpaired) electrons. The van der Waals surface area contributed by atoms with Gasteiger partial charge in [-0.1, -0.05) is 121 Å². The van der Waals surface area contributed by atoms with E-state index in [9.17, 15) is 9.90 Å². The van der Waals surface area contributed by atoms with Crippen molar-refractivity contribution in [2.24, 2.45) is 5.41 Å². The van der Waals surface area contributed by atoms with E-state index in [4.69, 9.17) is 14.2 Å². The molecule has 3 aromatic carbocycles. The average molecular weight is 645 g/mol. The zero-order valence-corrected chi connectivity index (χ0v) is 29.5. The second kappa shape index (κ2) is 13.7. The Bertz CT molecular complexity index is 1380. The van der Waals surface area contributed by atoms with E-state index >= 15 is 0 Å². The van der Waals surface area contributed by atoms with Gasteiger partial charge in [-0.3, -0.25) is 4.79 Å². The van der Waals surface area contributed by atoms with E-state index in [-0.39, 0.29) is 45.7 Å². The Morgan fingerprint density at radius 1 is 0.848 bits per heavy atom. The lowest BCUT2D eigenvalue weighted by Gasteiger charge is -2.50. The molecule has 248 valence electrons. The van der Waals surface area contributed by atoms with Crippen LogP contribution in [0.3, 0.4) is 0 Å². The third-order valence-corrected chi connectivity index (χ3v) is 11.2. The third kappa shape index (κ3) is 8.00. The van der Waals surface area contributed by atoms with E-state index in [0.29, 0.717) is 25.4 Å². The fraction of sp³-hybridized carbons (Fsp3) is 0.525. The molecule has 2 aliphatic rings. The molecule has 3 aromatic rings. The molecule has 5 rings (SSSR count). The van der Waals surface area contributed by atoms with Gasteiger partial charge < -0.3 is 19.3 Å². The monoisotopic (exact) mass is 644 g/mol. The summed E-state index contributed by atoms with van der Waals surface area (Å²) >= 11 is 1.99. The molecule has 2 saturated heterocycles. The largest absolute Gasteiger partial charge is 0.507 e. The quantitative estimate of drug-likeness (QED) is 0.246. The molecule has 6 heteroatoms. The first kappa shape index (κ1) is 34.5. The maximum absolute atomic E-state index is 13.1. The number of esters is 1. The number of phenolic OH excluding ortho intramolecular Hbond substituents is 1. The molecule has 2 aliphatic heterocycles. The van der Waals surface area contributed by atoms with E-state index in [1.807, 2.05) is 23.9 Å². The predicted octanol–water partition coefficient (Wildman–Crippen LogP) is 9.61. The van der Waals surface area contributed by atoms with Crippen molar-refractivity contribution in [3.05, 3.63) is 101 Å². The van der Waals surface area contributed by atoms with Gasteiger partial charge in [-0.2, -0.15) is 0 Å². The zero-order valence-electron chi connectivity index (χ0n) is 28.7. The highest BCUT2D eigenvalue weighted by molar-refractivity contribution is 7.99. The highest BCUT2D eigenvalue weighted by Gasteiger charge is 2.50. The van der Waals surface area contributed by atoms with Crippen LogP contribution in [0.2, 0.25) is 0 Å². The molecule has 1 spiro atoms. The van der Waals surface area contributed by atoms with Gasteiger partial charge in [0.15, 0.2) is 5.79 Å². The van der Waals surface area contributed by atoms with Crippen LogP contribution in [0.4, 0.5) is 0 Å². The predicted molar refractivity (Wildman–Crippen MR) is 187 cm³/mol. The number of carbonyl (C=O) groups is 1. The molecule has 0 bridgehead atoms. The number of hydrogen-bond donors (Lipinski definition) is 1. The molecule has 46 heavy (non-hydrogen) atoms. The Kier molecular flexibility index (Phi) is 10.3. The van der Waals surface area contributed by atoms with Crippen molar-refractivity contribution in [1.29, 1.82) is 0 Å². The van der Waals surface area contributed by atoms with E-state index < -0.39 is 5.79 Å². The van der Waals surface area contributed by atoms with Crippen LogP contribution in [0.25, 0.3) is 0 Å². The number of aromatic hydroxyl groups is 1. The van der Waals surface area contributed by atoms with E-state index in [0.717, 1.165) is 36.0 Å². The Morgan fingerprint density at radius 2 is 1.33 bits per heavy atom. The van der Waals surface area contributed by atoms with Crippen molar-refractivity contribution < 1.29 is 24.1 Å². The molecule has 5 nitrogen and oxygen atoms in total. The zero-order chi connectivity index (χ0) is 33.2. The third-order valence-electron chi connectivity index (χ3n) is 9.64. The van der Waals surface area contributed by atoms with Crippen molar-refractivity contribution in [1.82, 2.24) is 0 Å². The van der Waals surface area contributed by atoms with Crippen LogP contribution in [0.1, 0.15) is 112 Å². The maximum atomic E-state index is 13.1. The minimum absolute atomic E-state index is 0.217. The molecule has 0 saturated carbocycles. The Balaban J connectivity index is 1.23. The highest BCUT2D eigenvalue weighted by Crippen LogP contribution is 2.56. The summed E-state index contributed by atoms with van der Waals surface area (Å²) in [5, 5.41) is 11.6. The summed E-state index contributed by atoms with van der Waals surface area (Å²) in [4.78, 5) is 13.1. The fourth-order valence-electron chi connectivity index (χ4n) is 6.48. The normalized spacial score (nSPS) is 25.4. The van der Waals surface area contributed by atoms with Gasteiger partial charge in [-0.05, 0) is 51.5 Å². The van der Waals surface area contributed by atoms with Gasteiger partial charge in [-0.15, -0.1) is 11.8 Å². The van der Waals surface area contributed by atoms with Crippen molar-refractivity contribution >= 4 is 17.7 Å². The summed E-state index contributed by atoms with van der Waals surface area (Å²) in [5.41, 5.74) is 4.62. The molecule has 2 heterocycles. The fourth-order valence-corrected chi connectivity index (χ4v) is 8.21. The van der Waals surface area contributed by atoms with E-state index in [2.05, 4.69) is 109 Å². The van der Waals surface area contributed by atoms with Crippen molar-refractivity contribution in [2.45, 2.75) is 108 Å². The molecule has 1 N–H and O–H groups in total. The smallest absolute Gasteiger partial charge is 0.306 e. The Labute approximate surface area is 280 Å². The first-order valence-electron chi connectivity index (χ1n) is 16.8. The van der Waals surface area contributed by atoms with Gasteiger partial charge in [0, 0.05) is 29.8 Å². The summed E-state index contributed by atoms with van der Waals surface area (Å²) in [5.74, 6) is -0.547. The first-order chi connectivity index (χ1) is 21.7. The summed E-state index contributed by atoms with van der Waals surface area (Å²) in [6.45, 7) is 16.0. The van der Waals surface area contributed by atoms with Gasteiger partial charge in [0.25, 0.3) is 0 Å². The number of carbonyl (C=O) groups excluding carboxylic acids is 1. The molecule has 2 unspecified atom stereocenters. The lowest BCUT2D eigenvalue weighted by molar-refractivity contribution is -0.315. The molecule has 0 amide bonds. The summed E-state index contributed by atoms with van der Waals surface area (Å²) in [6.07, 6.45) is 3.18. The molecular weight excluding hydrogens is 593 g/mol. The summed E-state index contributed by atoms with van der Waals surface area (Å²) in [7, 11) is 0. The second-order valence-corrected chi connectivity index (χ2v) is 16.8. The summed E-state index contributed by atoms with van der Waals surface area (Å²) < 4.78 is 19.4. The van der Waals surface area contributed by atoms with E-state index in [1.165, 1.54) is 11.1 Å². The molecular formula is C40H52O5S. The van der Waals surface area contributed by atoms with Crippen LogP contribution in [-0.2, 0) is 36.3 Å². The van der Waals surface area contributed by atoms with Gasteiger partial charge >= 0.3 is 5.97 Å². The lowest BCUT2D eigenvalue weighted by atomic mass is 9.78. The molecule has 2 fully saturated rings. The topological polar surface area (TPSA) is 65.0 Å². The maximum Gasteiger partial charge on any atom is 0.306 e. The van der Waals surface area contributed by atoms with Crippen molar-refractivity contribution in [2.75, 3.05) is 19.8 Å². The minimum atomic E-state index is -0.677. The number of ether oxygens (including phenoxy) is 3. The minimum Gasteiger partial charge on any atom is -0.507 e. The second-order valence-electron chi connectivity index (χ2n) is 15.4. The standard InChI is InChI=1S/C40H52O5S/c1-8-39(25-43-35(41)20-19-28-21-31(37(2,3)4)36(42)32(22-28)38(5,6)7)26-44-40(45-27-39)23-33(29-15-11-9-12-16-29)46-34(24-40)30-17-13-10-14-18-30/h9-18,21-22,33-34,42H,8,19-20,23-27H2,1-7H3. The van der Waals surface area contributed by atoms with Gasteiger partial charge in [-0.25, -0.2) is 0 Å². The van der Waals surface area contributed by atoms with Gasteiger partial charge in [0.1, 0.15) is 12.4 Å². The van der Waals surface area contributed by atoms with E-state index in [1.54, 1.807) is 0 Å². The average Bonchev–Trinajstić information content (AvgIpc) is 3.04. The first-order valence-corrected chi connectivity index (χ1v) is 17.7. The van der Waals surface area contributed by atoms with Crippen LogP contribution < -0.4 is 0 Å². The van der Waals surface area contributed by atoms with Crippen LogP contribution in [-0.4, -0.2) is 36.7 Å². The van der Waals surface area contributed by atoms with Gasteiger partial charge in [0.05, 0.1) is 18.6 Å². The Morgan fingerprint density at radius 3 is 1.76 bits per heavy atom. The number of thioether (sulfide) groups is 1. The van der Waals surface area contributed by atoms with Crippen LogP contribution in [0.15, 0.2) is 72.8 Å². The number of phenols is 1. The molecule has 2 atom stereocenters. The number of rotatable bonds is 8. The SMILES string of the molecule is CCC1(COC(=O)CCc2cc(C(C)(C)C)c(O)c(C(C)(C)C)c2)COC2(CC(c3ccccc3)SC(c3ccccc3)C2)OC1. The van der Waals surface area contributed by atoms with Crippen LogP contribution in [0, 0.1) is 5.41 Å². The molecule has 0 aromatic heterocycles. The lowest BCUT2D eigenvalue weighted by Crippen LogP contribution is -2.53. The van der Waals surface area contributed by atoms with Gasteiger partial charge in [0.2, 0.25) is 0 Å². The number of benzene rings is 3. The van der Waals surface area contributed by atoms with Crippen molar-refractivity contribution in [3.8, 4) is 5.75 Å². The Hall–Kier alpha value is -2.80. The number of aryl methyl sites for hydroxylation is 1. The summed E-state index contributed by atoms with van der Waals surface area (Å²) in [6, 6.07) is 25.4. The van der Waals surface area contributed by atoms with Crippen LogP contribution in [0.5, 0.6) is 5.75 Å². The molecule has 0 aliphatic carbocycles.